The van der Waals surface area contributed by atoms with Crippen molar-refractivity contribution >= 4 is 6.02 Å². The molecule has 2 unspecified atom stereocenters. The first-order chi connectivity index (χ1) is 11.0. The van der Waals surface area contributed by atoms with Gasteiger partial charge in [-0.05, 0) is 32.0 Å². The zero-order chi connectivity index (χ0) is 16.6. The maximum atomic E-state index is 10.8. The maximum Gasteiger partial charge on any atom is 0.303 e. The van der Waals surface area contributed by atoms with Gasteiger partial charge in [0.1, 0.15) is 24.1 Å². The maximum absolute atomic E-state index is 10.8. The van der Waals surface area contributed by atoms with Gasteiger partial charge in [-0.1, -0.05) is 0 Å². The number of amidine groups is 1. The molecule has 1 saturated heterocycles. The van der Waals surface area contributed by atoms with E-state index in [1.807, 2.05) is 0 Å². The number of aliphatic imine (C=N–C) groups is 1. The number of nitrogens with zero attached hydrogens (tertiary/aromatic N) is 4. The quantitative estimate of drug-likeness (QED) is 0.784. The van der Waals surface area contributed by atoms with Gasteiger partial charge in [-0.3, -0.25) is 0 Å². The summed E-state index contributed by atoms with van der Waals surface area (Å²) in [5.74, 6) is 0.604. The third-order valence-corrected chi connectivity index (χ3v) is 4.13. The van der Waals surface area contributed by atoms with Crippen LogP contribution in [0.4, 0.5) is 0 Å². The minimum atomic E-state index is -0.880. The predicted octanol–water partition coefficient (Wildman–Crippen LogP) is 1.30. The van der Waals surface area contributed by atoms with Gasteiger partial charge in [0.05, 0.1) is 24.2 Å². The number of benzene rings is 1. The first-order valence-corrected chi connectivity index (χ1v) is 7.25. The van der Waals surface area contributed by atoms with E-state index in [0.29, 0.717) is 30.0 Å². The van der Waals surface area contributed by atoms with Crippen LogP contribution in [0.5, 0.6) is 5.75 Å². The molecule has 2 aliphatic rings. The number of hydrogen-bond acceptors (Lipinski definition) is 6. The molecule has 3 rings (SSSR count). The summed E-state index contributed by atoms with van der Waals surface area (Å²) in [7, 11) is 0. The molecular weight excluding hydrogens is 296 g/mol. The molecule has 0 radical (unpaired) electrons. The summed E-state index contributed by atoms with van der Waals surface area (Å²) in [4.78, 5) is 5.44. The lowest BCUT2D eigenvalue weighted by molar-refractivity contribution is -0.0803. The highest BCUT2D eigenvalue weighted by molar-refractivity contribution is 5.77. The summed E-state index contributed by atoms with van der Waals surface area (Å²) in [6.45, 7) is 4.47. The molecule has 0 saturated carbocycles. The molecule has 2 aliphatic heterocycles. The predicted molar refractivity (Wildman–Crippen MR) is 80.3 cm³/mol. The van der Waals surface area contributed by atoms with Crippen LogP contribution >= 0.6 is 0 Å². The highest BCUT2D eigenvalue weighted by atomic mass is 16.5. The number of hydrogen-bond donors (Lipinski definition) is 1. The fourth-order valence-corrected chi connectivity index (χ4v) is 2.99. The van der Waals surface area contributed by atoms with Crippen LogP contribution in [0, 0.1) is 22.8 Å². The van der Waals surface area contributed by atoms with Crippen molar-refractivity contribution in [3.63, 3.8) is 0 Å². The Morgan fingerprint density at radius 2 is 2.17 bits per heavy atom. The van der Waals surface area contributed by atoms with Crippen LogP contribution in [0.3, 0.4) is 0 Å². The van der Waals surface area contributed by atoms with Crippen molar-refractivity contribution in [2.75, 3.05) is 13.2 Å². The number of ether oxygens (including phenoxy) is 2. The van der Waals surface area contributed by atoms with E-state index in [1.54, 1.807) is 43.1 Å². The first-order valence-electron chi connectivity index (χ1n) is 7.25. The highest BCUT2D eigenvalue weighted by Gasteiger charge is 2.47. The van der Waals surface area contributed by atoms with Gasteiger partial charge in [0, 0.05) is 5.56 Å². The molecule has 7 heteroatoms. The highest BCUT2D eigenvalue weighted by Crippen LogP contribution is 2.43. The van der Waals surface area contributed by atoms with Crippen molar-refractivity contribution in [2.45, 2.75) is 31.6 Å². The lowest BCUT2D eigenvalue weighted by Gasteiger charge is -2.45. The first kappa shape index (κ1) is 15.1. The fourth-order valence-electron chi connectivity index (χ4n) is 2.99. The molecule has 1 fully saturated rings. The van der Waals surface area contributed by atoms with Crippen molar-refractivity contribution in [3.8, 4) is 18.0 Å². The van der Waals surface area contributed by atoms with E-state index >= 15 is 0 Å². The van der Waals surface area contributed by atoms with Crippen LogP contribution < -0.4 is 4.74 Å². The molecule has 2 atom stereocenters. The zero-order valence-electron chi connectivity index (χ0n) is 12.9. The molecule has 0 spiro atoms. The number of aliphatic hydroxyl groups excluding tert-OH is 1. The summed E-state index contributed by atoms with van der Waals surface area (Å²) in [5, 5.41) is 28.8. The van der Waals surface area contributed by atoms with E-state index in [-0.39, 0.29) is 6.02 Å². The molecule has 0 amide bonds. The van der Waals surface area contributed by atoms with Gasteiger partial charge >= 0.3 is 6.02 Å². The Bertz CT molecular complexity index is 745. The molecule has 0 aliphatic carbocycles. The van der Waals surface area contributed by atoms with E-state index in [4.69, 9.17) is 20.0 Å². The summed E-state index contributed by atoms with van der Waals surface area (Å²) in [6, 6.07) is 6.87. The third-order valence-electron chi connectivity index (χ3n) is 4.13. The minimum absolute atomic E-state index is 0.183. The van der Waals surface area contributed by atoms with Crippen molar-refractivity contribution in [1.82, 2.24) is 4.90 Å². The van der Waals surface area contributed by atoms with Crippen molar-refractivity contribution in [3.05, 3.63) is 29.3 Å². The number of fused-ring (bicyclic) bond motifs is 1. The molecular formula is C16H16N4O3. The minimum Gasteiger partial charge on any atom is -0.485 e. The molecule has 1 N–H and O–H groups in total. The van der Waals surface area contributed by atoms with Gasteiger partial charge in [-0.15, -0.1) is 4.99 Å². The average molecular weight is 312 g/mol. The Hall–Kier alpha value is -2.77. The van der Waals surface area contributed by atoms with Gasteiger partial charge in [0.25, 0.3) is 0 Å². The molecule has 23 heavy (non-hydrogen) atoms. The van der Waals surface area contributed by atoms with Gasteiger partial charge in [-0.25, -0.2) is 0 Å². The second-order valence-corrected chi connectivity index (χ2v) is 6.00. The van der Waals surface area contributed by atoms with Crippen LogP contribution in [-0.4, -0.2) is 40.9 Å². The van der Waals surface area contributed by atoms with Gasteiger partial charge in [-0.2, -0.15) is 10.5 Å². The molecule has 1 aromatic rings. The Morgan fingerprint density at radius 1 is 1.39 bits per heavy atom. The number of nitriles is 2. The van der Waals surface area contributed by atoms with E-state index in [1.165, 1.54) is 0 Å². The molecule has 0 aromatic heterocycles. The Morgan fingerprint density at radius 3 is 2.87 bits per heavy atom. The van der Waals surface area contributed by atoms with Crippen LogP contribution in [0.2, 0.25) is 0 Å². The van der Waals surface area contributed by atoms with Crippen LogP contribution in [0.1, 0.15) is 31.0 Å². The summed E-state index contributed by atoms with van der Waals surface area (Å²) >= 11 is 0. The average Bonchev–Trinajstić information content (AvgIpc) is 2.96. The second-order valence-electron chi connectivity index (χ2n) is 6.00. The lowest BCUT2D eigenvalue weighted by Crippen LogP contribution is -2.54. The topological polar surface area (TPSA) is 102 Å². The molecule has 0 bridgehead atoms. The summed E-state index contributed by atoms with van der Waals surface area (Å²) in [5.41, 5.74) is 0.335. The summed E-state index contributed by atoms with van der Waals surface area (Å²) in [6.07, 6.45) is 0.837. The Kier molecular flexibility index (Phi) is 3.59. The van der Waals surface area contributed by atoms with Gasteiger partial charge < -0.3 is 19.5 Å². The Labute approximate surface area is 134 Å². The van der Waals surface area contributed by atoms with E-state index in [9.17, 15) is 5.11 Å². The van der Waals surface area contributed by atoms with Crippen molar-refractivity contribution < 1.29 is 14.6 Å². The number of aliphatic hydroxyl groups is 1. The fraction of sp³-hybridized carbons (Fsp3) is 0.438. The monoisotopic (exact) mass is 312 g/mol. The SMILES string of the molecule is CC1(C)Oc2ccc(C#N)cc2C(N2CCO/C2=N\C#N)C1O. The smallest absolute Gasteiger partial charge is 0.303 e. The van der Waals surface area contributed by atoms with Gasteiger partial charge in [0.2, 0.25) is 6.19 Å². The van der Waals surface area contributed by atoms with E-state index in [2.05, 4.69) is 11.1 Å². The molecule has 7 nitrogen and oxygen atoms in total. The third kappa shape index (κ3) is 2.45. The van der Waals surface area contributed by atoms with E-state index in [0.717, 1.165) is 0 Å². The number of rotatable bonds is 1. The molecule has 118 valence electrons. The summed E-state index contributed by atoms with van der Waals surface area (Å²) < 4.78 is 11.3. The van der Waals surface area contributed by atoms with Crippen molar-refractivity contribution in [2.24, 2.45) is 4.99 Å². The lowest BCUT2D eigenvalue weighted by atomic mass is 9.85. The molecule has 2 heterocycles. The Balaban J connectivity index is 2.13. The standard InChI is InChI=1S/C16H16N4O3/c1-16(2)14(21)13(20-5-6-22-15(20)19-9-18)11-7-10(8-17)3-4-12(11)23-16/h3-4,7,13-14,21H,5-6H2,1-2H3/b19-15-. The second kappa shape index (κ2) is 5.45. The van der Waals surface area contributed by atoms with Crippen LogP contribution in [-0.2, 0) is 4.74 Å². The normalized spacial score (nSPS) is 26.7. The van der Waals surface area contributed by atoms with Crippen molar-refractivity contribution in [1.29, 1.82) is 10.5 Å². The van der Waals surface area contributed by atoms with Crippen LogP contribution in [0.25, 0.3) is 0 Å². The van der Waals surface area contributed by atoms with Gasteiger partial charge in [0.15, 0.2) is 0 Å². The zero-order valence-corrected chi connectivity index (χ0v) is 12.9. The largest absolute Gasteiger partial charge is 0.485 e. The van der Waals surface area contributed by atoms with Crippen LogP contribution in [0.15, 0.2) is 23.2 Å². The van der Waals surface area contributed by atoms with E-state index < -0.39 is 17.7 Å². The molecule has 1 aromatic carbocycles.